The molecule has 1 amide bonds. The van der Waals surface area contributed by atoms with Crippen LogP contribution in [0.15, 0.2) is 24.4 Å². The van der Waals surface area contributed by atoms with E-state index in [1.54, 1.807) is 11.8 Å². The van der Waals surface area contributed by atoms with Crippen molar-refractivity contribution >= 4 is 28.1 Å². The lowest BCUT2D eigenvalue weighted by Crippen LogP contribution is -2.44. The summed E-state index contributed by atoms with van der Waals surface area (Å²) in [5.74, 6) is 0.304. The van der Waals surface area contributed by atoms with E-state index in [-0.39, 0.29) is 23.2 Å². The monoisotopic (exact) mass is 551 g/mol. The first-order valence-electron chi connectivity index (χ1n) is 12.8. The standard InChI is InChI=1S/C26H32F3N5O3S/c1-33-12-19-18(4-3-5-20(19)32-33)24(35)30-17-8-6-16(7-9-17)22(36-2)14-34-11-10-23-21(13-34)31-25(38-23)37-15-26(27,28)29/h3-5,12,16-17,22H,6-11,13-15H2,1-2H3,(H,30,35)/t16?,17?,22-/m0/s1. The van der Waals surface area contributed by atoms with Gasteiger partial charge in [-0.2, -0.15) is 18.3 Å². The molecular formula is C26H32F3N5O3S. The highest BCUT2D eigenvalue weighted by Gasteiger charge is 2.32. The van der Waals surface area contributed by atoms with Crippen molar-refractivity contribution in [2.24, 2.45) is 13.0 Å². The van der Waals surface area contributed by atoms with Gasteiger partial charge in [-0.1, -0.05) is 17.4 Å². The molecule has 38 heavy (non-hydrogen) atoms. The quantitative estimate of drug-likeness (QED) is 0.449. The molecule has 0 bridgehead atoms. The molecule has 206 valence electrons. The summed E-state index contributed by atoms with van der Waals surface area (Å²) in [5, 5.41) is 8.53. The summed E-state index contributed by atoms with van der Waals surface area (Å²) in [6.07, 6.45) is 1.94. The van der Waals surface area contributed by atoms with E-state index in [1.165, 1.54) is 11.3 Å². The number of benzene rings is 1. The summed E-state index contributed by atoms with van der Waals surface area (Å²) >= 11 is 1.21. The fraction of sp³-hybridized carbons (Fsp3) is 0.577. The number of aromatic nitrogens is 3. The van der Waals surface area contributed by atoms with Crippen LogP contribution in [0.2, 0.25) is 0 Å². The molecule has 1 N–H and O–H groups in total. The van der Waals surface area contributed by atoms with E-state index in [2.05, 4.69) is 20.3 Å². The second-order valence-corrected chi connectivity index (χ2v) is 11.2. The molecule has 8 nitrogen and oxygen atoms in total. The van der Waals surface area contributed by atoms with Crippen LogP contribution in [-0.4, -0.2) is 70.7 Å². The third-order valence-electron chi connectivity index (χ3n) is 7.43. The van der Waals surface area contributed by atoms with E-state index in [9.17, 15) is 18.0 Å². The molecule has 1 aromatic carbocycles. The summed E-state index contributed by atoms with van der Waals surface area (Å²) in [7, 11) is 3.58. The molecule has 1 fully saturated rings. The normalized spacial score (nSPS) is 21.3. The number of carbonyl (C=O) groups excluding carboxylic acids is 1. The molecule has 3 aromatic rings. The minimum Gasteiger partial charge on any atom is -0.460 e. The van der Waals surface area contributed by atoms with Crippen LogP contribution in [0.25, 0.3) is 10.9 Å². The number of ether oxygens (including phenoxy) is 2. The summed E-state index contributed by atoms with van der Waals surface area (Å²) in [4.78, 5) is 20.6. The number of alkyl halides is 3. The molecule has 0 spiro atoms. The molecule has 0 radical (unpaired) electrons. The maximum atomic E-state index is 13.0. The zero-order valence-electron chi connectivity index (χ0n) is 21.5. The highest BCUT2D eigenvalue weighted by Crippen LogP contribution is 2.33. The second kappa shape index (κ2) is 11.2. The van der Waals surface area contributed by atoms with Gasteiger partial charge in [0.1, 0.15) is 0 Å². The molecule has 5 rings (SSSR count). The van der Waals surface area contributed by atoms with Crippen molar-refractivity contribution in [1.82, 2.24) is 25.0 Å². The number of halogens is 3. The number of nitrogens with one attached hydrogen (secondary N) is 1. The van der Waals surface area contributed by atoms with Crippen molar-refractivity contribution in [3.8, 4) is 5.19 Å². The summed E-state index contributed by atoms with van der Waals surface area (Å²) < 4.78 is 49.9. The van der Waals surface area contributed by atoms with Gasteiger partial charge in [-0.25, -0.2) is 4.98 Å². The number of hydrogen-bond acceptors (Lipinski definition) is 7. The number of nitrogens with zero attached hydrogens (tertiary/aromatic N) is 4. The van der Waals surface area contributed by atoms with E-state index in [0.29, 0.717) is 18.0 Å². The van der Waals surface area contributed by atoms with E-state index in [0.717, 1.165) is 66.7 Å². The molecule has 2 aromatic heterocycles. The second-order valence-electron chi connectivity index (χ2n) is 10.1. The minimum absolute atomic E-state index is 0.0388. The Morgan fingerprint density at radius 1 is 1.26 bits per heavy atom. The van der Waals surface area contributed by atoms with Gasteiger partial charge in [0.05, 0.1) is 22.9 Å². The number of fused-ring (bicyclic) bond motifs is 2. The molecule has 0 unspecified atom stereocenters. The Kier molecular flexibility index (Phi) is 7.92. The Bertz CT molecular complexity index is 1270. The lowest BCUT2D eigenvalue weighted by Gasteiger charge is -2.36. The number of amides is 1. The van der Waals surface area contributed by atoms with Crippen molar-refractivity contribution in [3.63, 3.8) is 0 Å². The van der Waals surface area contributed by atoms with Crippen LogP contribution < -0.4 is 10.1 Å². The van der Waals surface area contributed by atoms with Crippen molar-refractivity contribution < 1.29 is 27.4 Å². The molecule has 12 heteroatoms. The van der Waals surface area contributed by atoms with Gasteiger partial charge >= 0.3 is 6.18 Å². The van der Waals surface area contributed by atoms with Crippen LogP contribution in [0.4, 0.5) is 13.2 Å². The Morgan fingerprint density at radius 3 is 2.79 bits per heavy atom. The maximum absolute atomic E-state index is 13.0. The molecule has 3 heterocycles. The maximum Gasteiger partial charge on any atom is 0.422 e. The average molecular weight is 552 g/mol. The van der Waals surface area contributed by atoms with Crippen LogP contribution in [0, 0.1) is 5.92 Å². The number of thiazole rings is 1. The van der Waals surface area contributed by atoms with Crippen LogP contribution in [-0.2, 0) is 24.8 Å². The summed E-state index contributed by atoms with van der Waals surface area (Å²) in [5.41, 5.74) is 2.24. The highest BCUT2D eigenvalue weighted by molar-refractivity contribution is 7.13. The third kappa shape index (κ3) is 6.29. The molecule has 1 saturated carbocycles. The van der Waals surface area contributed by atoms with Crippen LogP contribution in [0.5, 0.6) is 5.19 Å². The van der Waals surface area contributed by atoms with Gasteiger partial charge in [0.15, 0.2) is 6.61 Å². The molecule has 1 aliphatic carbocycles. The van der Waals surface area contributed by atoms with E-state index in [1.807, 2.05) is 31.4 Å². The molecule has 1 atom stereocenters. The Balaban J connectivity index is 1.12. The van der Waals surface area contributed by atoms with Gasteiger partial charge < -0.3 is 14.8 Å². The predicted octanol–water partition coefficient (Wildman–Crippen LogP) is 4.33. The van der Waals surface area contributed by atoms with Crippen molar-refractivity contribution in [3.05, 3.63) is 40.5 Å². The van der Waals surface area contributed by atoms with Crippen molar-refractivity contribution in [2.75, 3.05) is 26.8 Å². The largest absolute Gasteiger partial charge is 0.460 e. The fourth-order valence-electron chi connectivity index (χ4n) is 5.52. The summed E-state index contributed by atoms with van der Waals surface area (Å²) in [6.45, 7) is 0.791. The van der Waals surface area contributed by atoms with Crippen LogP contribution in [0.3, 0.4) is 0 Å². The van der Waals surface area contributed by atoms with E-state index >= 15 is 0 Å². The number of aryl methyl sites for hydroxylation is 1. The predicted molar refractivity (Wildman–Crippen MR) is 137 cm³/mol. The minimum atomic E-state index is -4.38. The van der Waals surface area contributed by atoms with E-state index in [4.69, 9.17) is 9.47 Å². The third-order valence-corrected chi connectivity index (χ3v) is 8.50. The molecular weight excluding hydrogens is 519 g/mol. The Hall–Kier alpha value is -2.70. The van der Waals surface area contributed by atoms with Gasteiger partial charge in [-0.3, -0.25) is 14.4 Å². The van der Waals surface area contributed by atoms with Crippen molar-refractivity contribution in [2.45, 2.75) is 57.0 Å². The highest BCUT2D eigenvalue weighted by atomic mass is 32.1. The first-order valence-corrected chi connectivity index (χ1v) is 13.7. The number of carbonyl (C=O) groups is 1. The fourth-order valence-corrected chi connectivity index (χ4v) is 6.42. The first-order chi connectivity index (χ1) is 18.2. The SMILES string of the molecule is CO[C@@H](CN1CCc2sc(OCC(F)(F)F)nc2C1)C1CCC(NC(=O)c2cccc3nn(C)cc23)CC1. The average Bonchev–Trinajstić information content (AvgIpc) is 3.47. The van der Waals surface area contributed by atoms with Crippen LogP contribution in [0.1, 0.15) is 46.6 Å². The Morgan fingerprint density at radius 2 is 2.05 bits per heavy atom. The molecule has 0 saturated heterocycles. The zero-order valence-corrected chi connectivity index (χ0v) is 22.3. The Labute approximate surface area is 223 Å². The smallest absolute Gasteiger partial charge is 0.422 e. The van der Waals surface area contributed by atoms with Gasteiger partial charge in [0.25, 0.3) is 11.1 Å². The van der Waals surface area contributed by atoms with Gasteiger partial charge in [0.2, 0.25) is 0 Å². The molecule has 2 aliphatic rings. The van der Waals surface area contributed by atoms with E-state index < -0.39 is 12.8 Å². The van der Waals surface area contributed by atoms with Crippen LogP contribution >= 0.6 is 11.3 Å². The van der Waals surface area contributed by atoms with Gasteiger partial charge in [-0.05, 0) is 50.2 Å². The lowest BCUT2D eigenvalue weighted by molar-refractivity contribution is -0.153. The van der Waals surface area contributed by atoms with Gasteiger partial charge in [0, 0.05) is 56.3 Å². The van der Waals surface area contributed by atoms with Gasteiger partial charge in [-0.15, -0.1) is 0 Å². The molecule has 1 aliphatic heterocycles. The first kappa shape index (κ1) is 26.9. The van der Waals surface area contributed by atoms with Crippen molar-refractivity contribution in [1.29, 1.82) is 0 Å². The number of methoxy groups -OCH3 is 1. The summed E-state index contributed by atoms with van der Waals surface area (Å²) in [6, 6.07) is 5.71. The number of rotatable bonds is 8. The lowest BCUT2D eigenvalue weighted by atomic mass is 9.82. The zero-order chi connectivity index (χ0) is 26.9. The topological polar surface area (TPSA) is 81.5 Å². The number of hydrogen-bond donors (Lipinski definition) is 1.